The van der Waals surface area contributed by atoms with Crippen molar-refractivity contribution < 1.29 is 9.47 Å². The maximum atomic E-state index is 5.53. The number of methoxy groups -OCH3 is 2. The van der Waals surface area contributed by atoms with E-state index < -0.39 is 0 Å². The molecule has 0 amide bonds. The van der Waals surface area contributed by atoms with Gasteiger partial charge in [-0.15, -0.1) is 0 Å². The fraction of sp³-hybridized carbons (Fsp3) is 1.00. The van der Waals surface area contributed by atoms with Gasteiger partial charge in [-0.1, -0.05) is 19.3 Å². The average molecular weight is 284 g/mol. The molecule has 1 N–H and O–H groups in total. The molecule has 2 rings (SSSR count). The standard InChI is InChI=1S/C16H32N2O2/c1-19-13-15(20-2)11-18-10-6-9-17-16(12-18)14-7-4-3-5-8-14/h14-17H,3-13H2,1-2H3. The summed E-state index contributed by atoms with van der Waals surface area (Å²) in [5, 5.41) is 3.79. The molecule has 1 saturated heterocycles. The van der Waals surface area contributed by atoms with Crippen LogP contribution in [0.5, 0.6) is 0 Å². The van der Waals surface area contributed by atoms with Crippen molar-refractivity contribution in [1.29, 1.82) is 0 Å². The van der Waals surface area contributed by atoms with E-state index in [-0.39, 0.29) is 6.10 Å². The molecule has 2 aliphatic rings. The molecule has 118 valence electrons. The van der Waals surface area contributed by atoms with Gasteiger partial charge in [0.05, 0.1) is 12.7 Å². The molecule has 0 aromatic heterocycles. The molecule has 0 aromatic carbocycles. The van der Waals surface area contributed by atoms with Crippen molar-refractivity contribution in [2.75, 3.05) is 47.0 Å². The second-order valence-corrected chi connectivity index (χ2v) is 6.38. The zero-order chi connectivity index (χ0) is 14.2. The summed E-state index contributed by atoms with van der Waals surface area (Å²) in [6.07, 6.45) is 8.55. The minimum atomic E-state index is 0.199. The van der Waals surface area contributed by atoms with Gasteiger partial charge in [-0.3, -0.25) is 4.90 Å². The van der Waals surface area contributed by atoms with Crippen molar-refractivity contribution in [2.24, 2.45) is 5.92 Å². The summed E-state index contributed by atoms with van der Waals surface area (Å²) in [6, 6.07) is 0.679. The lowest BCUT2D eigenvalue weighted by Crippen LogP contribution is -2.46. The second-order valence-electron chi connectivity index (χ2n) is 6.38. The zero-order valence-corrected chi connectivity index (χ0v) is 13.3. The van der Waals surface area contributed by atoms with Crippen LogP contribution in [0.3, 0.4) is 0 Å². The van der Waals surface area contributed by atoms with Crippen LogP contribution in [0.2, 0.25) is 0 Å². The Hall–Kier alpha value is -0.160. The van der Waals surface area contributed by atoms with Crippen LogP contribution in [-0.2, 0) is 9.47 Å². The highest BCUT2D eigenvalue weighted by Crippen LogP contribution is 2.27. The van der Waals surface area contributed by atoms with Crippen LogP contribution in [0.1, 0.15) is 38.5 Å². The van der Waals surface area contributed by atoms with Crippen LogP contribution in [-0.4, -0.2) is 64.1 Å². The lowest BCUT2D eigenvalue weighted by molar-refractivity contribution is 0.00457. The Kier molecular flexibility index (Phi) is 7.28. The normalized spacial score (nSPS) is 28.2. The molecule has 4 nitrogen and oxygen atoms in total. The first kappa shape index (κ1) is 16.2. The van der Waals surface area contributed by atoms with Crippen LogP contribution in [0.4, 0.5) is 0 Å². The molecule has 2 atom stereocenters. The molecule has 1 aliphatic carbocycles. The van der Waals surface area contributed by atoms with E-state index in [2.05, 4.69) is 10.2 Å². The van der Waals surface area contributed by atoms with E-state index in [0.29, 0.717) is 12.6 Å². The molecular weight excluding hydrogens is 252 g/mol. The summed E-state index contributed by atoms with van der Waals surface area (Å²) >= 11 is 0. The zero-order valence-electron chi connectivity index (χ0n) is 13.3. The Morgan fingerprint density at radius 3 is 2.65 bits per heavy atom. The van der Waals surface area contributed by atoms with E-state index in [1.54, 1.807) is 14.2 Å². The summed E-state index contributed by atoms with van der Waals surface area (Å²) in [4.78, 5) is 2.58. The third-order valence-corrected chi connectivity index (χ3v) is 4.88. The lowest BCUT2D eigenvalue weighted by Gasteiger charge is -2.33. The van der Waals surface area contributed by atoms with Gasteiger partial charge in [-0.25, -0.2) is 0 Å². The molecule has 0 bridgehead atoms. The number of nitrogens with one attached hydrogen (secondary N) is 1. The van der Waals surface area contributed by atoms with Gasteiger partial charge in [-0.2, -0.15) is 0 Å². The fourth-order valence-corrected chi connectivity index (χ4v) is 3.71. The first-order valence-electron chi connectivity index (χ1n) is 8.31. The molecule has 2 unspecified atom stereocenters. The van der Waals surface area contributed by atoms with Gasteiger partial charge >= 0.3 is 0 Å². The summed E-state index contributed by atoms with van der Waals surface area (Å²) in [7, 11) is 3.54. The Labute approximate surface area is 124 Å². The van der Waals surface area contributed by atoms with E-state index in [9.17, 15) is 0 Å². The minimum Gasteiger partial charge on any atom is -0.382 e. The minimum absolute atomic E-state index is 0.199. The van der Waals surface area contributed by atoms with Gasteiger partial charge < -0.3 is 14.8 Å². The van der Waals surface area contributed by atoms with Crippen LogP contribution < -0.4 is 5.32 Å². The van der Waals surface area contributed by atoms with Gasteiger partial charge in [-0.05, 0) is 38.3 Å². The predicted molar refractivity (Wildman–Crippen MR) is 82.1 cm³/mol. The lowest BCUT2D eigenvalue weighted by atomic mass is 9.83. The number of rotatable bonds is 6. The van der Waals surface area contributed by atoms with Crippen LogP contribution in [0.25, 0.3) is 0 Å². The van der Waals surface area contributed by atoms with Gasteiger partial charge in [0.15, 0.2) is 0 Å². The van der Waals surface area contributed by atoms with E-state index in [4.69, 9.17) is 9.47 Å². The molecule has 2 fully saturated rings. The molecule has 0 spiro atoms. The number of ether oxygens (including phenoxy) is 2. The average Bonchev–Trinajstić information content (AvgIpc) is 2.73. The Morgan fingerprint density at radius 1 is 1.15 bits per heavy atom. The van der Waals surface area contributed by atoms with Crippen molar-refractivity contribution in [1.82, 2.24) is 10.2 Å². The predicted octanol–water partition coefficient (Wildman–Crippen LogP) is 1.89. The van der Waals surface area contributed by atoms with Crippen LogP contribution >= 0.6 is 0 Å². The highest BCUT2D eigenvalue weighted by molar-refractivity contribution is 4.85. The number of hydrogen-bond acceptors (Lipinski definition) is 4. The first-order chi connectivity index (χ1) is 9.83. The van der Waals surface area contributed by atoms with Crippen LogP contribution in [0, 0.1) is 5.92 Å². The monoisotopic (exact) mass is 284 g/mol. The van der Waals surface area contributed by atoms with E-state index in [1.165, 1.54) is 58.2 Å². The highest BCUT2D eigenvalue weighted by Gasteiger charge is 2.27. The van der Waals surface area contributed by atoms with Gasteiger partial charge in [0.1, 0.15) is 0 Å². The van der Waals surface area contributed by atoms with Gasteiger partial charge in [0.2, 0.25) is 0 Å². The van der Waals surface area contributed by atoms with E-state index >= 15 is 0 Å². The highest BCUT2D eigenvalue weighted by atomic mass is 16.5. The number of hydrogen-bond donors (Lipinski definition) is 1. The van der Waals surface area contributed by atoms with Crippen molar-refractivity contribution in [2.45, 2.75) is 50.7 Å². The first-order valence-corrected chi connectivity index (χ1v) is 8.31. The Morgan fingerprint density at radius 2 is 1.95 bits per heavy atom. The fourth-order valence-electron chi connectivity index (χ4n) is 3.71. The maximum Gasteiger partial charge on any atom is 0.0931 e. The molecule has 0 radical (unpaired) electrons. The quantitative estimate of drug-likeness (QED) is 0.807. The smallest absolute Gasteiger partial charge is 0.0931 e. The third-order valence-electron chi connectivity index (χ3n) is 4.88. The second kappa shape index (κ2) is 8.98. The maximum absolute atomic E-state index is 5.53. The van der Waals surface area contributed by atoms with E-state index in [0.717, 1.165) is 12.5 Å². The topological polar surface area (TPSA) is 33.7 Å². The van der Waals surface area contributed by atoms with Crippen molar-refractivity contribution in [3.8, 4) is 0 Å². The Bertz CT molecular complexity index is 257. The van der Waals surface area contributed by atoms with Crippen molar-refractivity contribution in [3.05, 3.63) is 0 Å². The summed E-state index contributed by atoms with van der Waals surface area (Å²) in [5.74, 6) is 0.882. The summed E-state index contributed by atoms with van der Waals surface area (Å²) in [5.41, 5.74) is 0. The third kappa shape index (κ3) is 4.99. The summed E-state index contributed by atoms with van der Waals surface area (Å²) < 4.78 is 10.8. The molecule has 0 aromatic rings. The SMILES string of the molecule is COCC(CN1CCCNC(C2CCCCC2)C1)OC. The molecule has 20 heavy (non-hydrogen) atoms. The number of nitrogens with zero attached hydrogens (tertiary/aromatic N) is 1. The van der Waals surface area contributed by atoms with Gasteiger partial charge in [0.25, 0.3) is 0 Å². The van der Waals surface area contributed by atoms with E-state index in [1.807, 2.05) is 0 Å². The van der Waals surface area contributed by atoms with Gasteiger partial charge in [0, 0.05) is 33.4 Å². The largest absolute Gasteiger partial charge is 0.382 e. The molecular formula is C16H32N2O2. The van der Waals surface area contributed by atoms with Crippen LogP contribution in [0.15, 0.2) is 0 Å². The van der Waals surface area contributed by atoms with Crippen molar-refractivity contribution >= 4 is 0 Å². The Balaban J connectivity index is 1.85. The molecule has 4 heteroatoms. The molecule has 1 saturated carbocycles. The summed E-state index contributed by atoms with van der Waals surface area (Å²) in [6.45, 7) is 5.21. The van der Waals surface area contributed by atoms with Crippen molar-refractivity contribution in [3.63, 3.8) is 0 Å². The molecule has 1 aliphatic heterocycles. The molecule has 1 heterocycles.